The molecule has 0 fully saturated rings. The Kier molecular flexibility index (Phi) is 13.0. The number of hydrogen-bond donors (Lipinski definition) is 9. The fourth-order valence-electron chi connectivity index (χ4n) is 2.50. The van der Waals surface area contributed by atoms with E-state index in [0.717, 1.165) is 0 Å². The van der Waals surface area contributed by atoms with Gasteiger partial charge in [0.1, 0.15) is 18.1 Å². The lowest BCUT2D eigenvalue weighted by Gasteiger charge is -2.25. The predicted molar refractivity (Wildman–Crippen MR) is 116 cm³/mol. The van der Waals surface area contributed by atoms with Gasteiger partial charge in [-0.05, 0) is 33.1 Å². The molecule has 0 aromatic carbocycles. The molecule has 188 valence electrons. The van der Waals surface area contributed by atoms with Crippen LogP contribution in [0.15, 0.2) is 4.99 Å². The summed E-state index contributed by atoms with van der Waals surface area (Å²) in [4.78, 5) is 62.6. The monoisotopic (exact) mass is 475 g/mol. The Balaban J connectivity index is 4.93. The summed E-state index contributed by atoms with van der Waals surface area (Å²) < 4.78 is 0. The van der Waals surface area contributed by atoms with Crippen LogP contribution in [0.2, 0.25) is 0 Å². The minimum Gasteiger partial charge on any atom is -0.481 e. The van der Waals surface area contributed by atoms with Crippen molar-refractivity contribution in [2.24, 2.45) is 22.2 Å². The maximum Gasteiger partial charge on any atom is 0.326 e. The lowest BCUT2D eigenvalue weighted by atomic mass is 10.1. The van der Waals surface area contributed by atoms with E-state index in [9.17, 15) is 34.2 Å². The van der Waals surface area contributed by atoms with Crippen LogP contribution in [0.25, 0.3) is 0 Å². The van der Waals surface area contributed by atoms with Gasteiger partial charge in [-0.3, -0.25) is 24.2 Å². The van der Waals surface area contributed by atoms with Crippen LogP contribution in [0.5, 0.6) is 0 Å². The van der Waals surface area contributed by atoms with Crippen molar-refractivity contribution in [2.45, 2.75) is 69.8 Å². The van der Waals surface area contributed by atoms with E-state index in [0.29, 0.717) is 0 Å². The number of hydrogen-bond acceptors (Lipinski definition) is 8. The van der Waals surface area contributed by atoms with Gasteiger partial charge in [0.15, 0.2) is 5.96 Å². The molecule has 15 heteroatoms. The van der Waals surface area contributed by atoms with Crippen LogP contribution in [0.4, 0.5) is 0 Å². The van der Waals surface area contributed by atoms with Gasteiger partial charge in [-0.15, -0.1) is 0 Å². The van der Waals surface area contributed by atoms with Crippen molar-refractivity contribution >= 4 is 35.6 Å². The number of carboxylic acids is 2. The number of aliphatic hydroxyl groups excluding tert-OH is 1. The van der Waals surface area contributed by atoms with Crippen LogP contribution >= 0.6 is 0 Å². The number of amides is 3. The molecule has 12 N–H and O–H groups in total. The number of guanidine groups is 1. The average molecular weight is 476 g/mol. The minimum atomic E-state index is -1.49. The van der Waals surface area contributed by atoms with Gasteiger partial charge in [0.05, 0.1) is 12.1 Å². The van der Waals surface area contributed by atoms with Gasteiger partial charge >= 0.3 is 11.9 Å². The molecular weight excluding hydrogens is 442 g/mol. The molecule has 0 saturated carbocycles. The standard InChI is InChI=1S/C18H33N7O8/c1-8(14(29)24-11(17(32)33)4-3-7-22-18(20)21)23-16(31)13(9(2)26)25-15(30)10(19)5-6-12(27)28/h8-11,13,26H,3-7,19H2,1-2H3,(H,23,31)(H,24,29)(H,25,30)(H,27,28)(H,32,33)(H4,20,21,22). The molecule has 3 amide bonds. The summed E-state index contributed by atoms with van der Waals surface area (Å²) in [5.74, 6) is -5.20. The summed E-state index contributed by atoms with van der Waals surface area (Å²) in [5.41, 5.74) is 15.9. The zero-order valence-electron chi connectivity index (χ0n) is 18.5. The van der Waals surface area contributed by atoms with E-state index in [2.05, 4.69) is 20.9 Å². The van der Waals surface area contributed by atoms with Crippen LogP contribution in [0, 0.1) is 0 Å². The number of carboxylic acid groups (broad SMARTS) is 2. The zero-order valence-corrected chi connectivity index (χ0v) is 18.5. The van der Waals surface area contributed by atoms with E-state index in [4.69, 9.17) is 22.3 Å². The van der Waals surface area contributed by atoms with Crippen LogP contribution < -0.4 is 33.2 Å². The van der Waals surface area contributed by atoms with Crippen LogP contribution in [-0.2, 0) is 24.0 Å². The number of carbonyl (C=O) groups is 5. The molecule has 0 aromatic rings. The van der Waals surface area contributed by atoms with Crippen LogP contribution in [0.1, 0.15) is 39.5 Å². The number of nitrogens with one attached hydrogen (secondary N) is 3. The number of nitrogens with zero attached hydrogens (tertiary/aromatic N) is 1. The SMILES string of the molecule is CC(NC(=O)C(NC(=O)C(N)CCC(=O)O)C(C)O)C(=O)NC(CCCN=C(N)N)C(=O)O. The Bertz CT molecular complexity index is 739. The molecule has 0 aromatic heterocycles. The quantitative estimate of drug-likeness (QED) is 0.0628. The second-order valence-electron chi connectivity index (χ2n) is 7.34. The summed E-state index contributed by atoms with van der Waals surface area (Å²) >= 11 is 0. The first kappa shape index (κ1) is 29.5. The molecule has 0 saturated heterocycles. The third-order valence-electron chi connectivity index (χ3n) is 4.38. The lowest BCUT2D eigenvalue weighted by molar-refractivity contribution is -0.142. The van der Waals surface area contributed by atoms with Gasteiger partial charge in [-0.1, -0.05) is 0 Å². The van der Waals surface area contributed by atoms with Crippen molar-refractivity contribution in [1.29, 1.82) is 0 Å². The molecule has 15 nitrogen and oxygen atoms in total. The maximum absolute atomic E-state index is 12.5. The van der Waals surface area contributed by atoms with E-state index in [-0.39, 0.29) is 38.2 Å². The second-order valence-corrected chi connectivity index (χ2v) is 7.34. The average Bonchev–Trinajstić information content (AvgIpc) is 2.70. The largest absolute Gasteiger partial charge is 0.481 e. The number of carbonyl (C=O) groups excluding carboxylic acids is 3. The highest BCUT2D eigenvalue weighted by Gasteiger charge is 2.30. The van der Waals surface area contributed by atoms with E-state index in [1.807, 2.05) is 0 Å². The first-order valence-corrected chi connectivity index (χ1v) is 10.1. The molecule has 33 heavy (non-hydrogen) atoms. The third-order valence-corrected chi connectivity index (χ3v) is 4.38. The van der Waals surface area contributed by atoms with Crippen molar-refractivity contribution in [3.63, 3.8) is 0 Å². The first-order valence-electron chi connectivity index (χ1n) is 10.1. The Morgan fingerprint density at radius 3 is 2.00 bits per heavy atom. The fourth-order valence-corrected chi connectivity index (χ4v) is 2.50. The summed E-state index contributed by atoms with van der Waals surface area (Å²) in [6.45, 7) is 2.67. The lowest BCUT2D eigenvalue weighted by Crippen LogP contribution is -2.59. The van der Waals surface area contributed by atoms with Crippen LogP contribution in [-0.4, -0.2) is 87.8 Å². The summed E-state index contributed by atoms with van der Waals surface area (Å²) in [5, 5.41) is 34.5. The molecule has 0 radical (unpaired) electrons. The molecule has 0 heterocycles. The number of rotatable bonds is 15. The number of aliphatic hydroxyl groups is 1. The number of aliphatic imine (C=N–C) groups is 1. The van der Waals surface area contributed by atoms with Crippen molar-refractivity contribution in [1.82, 2.24) is 16.0 Å². The van der Waals surface area contributed by atoms with Gasteiger partial charge in [-0.25, -0.2) is 4.79 Å². The van der Waals surface area contributed by atoms with Crippen molar-refractivity contribution in [3.8, 4) is 0 Å². The van der Waals surface area contributed by atoms with E-state index >= 15 is 0 Å². The summed E-state index contributed by atoms with van der Waals surface area (Å²) in [7, 11) is 0. The topological polar surface area (TPSA) is 273 Å². The molecule has 0 spiro atoms. The molecule has 0 aliphatic rings. The van der Waals surface area contributed by atoms with E-state index in [1.165, 1.54) is 13.8 Å². The normalized spacial score (nSPS) is 15.2. The molecule has 0 rings (SSSR count). The molecule has 0 aliphatic carbocycles. The minimum absolute atomic E-state index is 0.0269. The van der Waals surface area contributed by atoms with Gasteiger partial charge in [0.25, 0.3) is 0 Å². The maximum atomic E-state index is 12.5. The molecule has 5 atom stereocenters. The third kappa shape index (κ3) is 12.2. The van der Waals surface area contributed by atoms with E-state index in [1.54, 1.807) is 0 Å². The summed E-state index contributed by atoms with van der Waals surface area (Å²) in [6, 6.07) is -5.19. The highest BCUT2D eigenvalue weighted by atomic mass is 16.4. The van der Waals surface area contributed by atoms with Crippen molar-refractivity contribution < 1.29 is 39.3 Å². The van der Waals surface area contributed by atoms with Crippen molar-refractivity contribution in [2.75, 3.05) is 6.54 Å². The first-order chi connectivity index (χ1) is 15.3. The molecular formula is C18H33N7O8. The van der Waals surface area contributed by atoms with Gasteiger partial charge < -0.3 is 48.5 Å². The Morgan fingerprint density at radius 2 is 1.52 bits per heavy atom. The van der Waals surface area contributed by atoms with Gasteiger partial charge in [0.2, 0.25) is 17.7 Å². The van der Waals surface area contributed by atoms with Gasteiger partial charge in [0, 0.05) is 13.0 Å². The molecule has 0 bridgehead atoms. The second kappa shape index (κ2) is 14.6. The van der Waals surface area contributed by atoms with Gasteiger partial charge in [-0.2, -0.15) is 0 Å². The summed E-state index contributed by atoms with van der Waals surface area (Å²) in [6.07, 6.45) is -1.63. The van der Waals surface area contributed by atoms with Crippen LogP contribution in [0.3, 0.4) is 0 Å². The van der Waals surface area contributed by atoms with Crippen molar-refractivity contribution in [3.05, 3.63) is 0 Å². The smallest absolute Gasteiger partial charge is 0.326 e. The predicted octanol–water partition coefficient (Wildman–Crippen LogP) is -3.83. The zero-order chi connectivity index (χ0) is 25.7. The Labute approximate surface area is 190 Å². The molecule has 0 aliphatic heterocycles. The number of aliphatic carboxylic acids is 2. The Morgan fingerprint density at radius 1 is 0.909 bits per heavy atom. The molecule has 5 unspecified atom stereocenters. The highest BCUT2D eigenvalue weighted by Crippen LogP contribution is 2.02. The highest BCUT2D eigenvalue weighted by molar-refractivity contribution is 5.94. The fraction of sp³-hybridized carbons (Fsp3) is 0.667. The van der Waals surface area contributed by atoms with E-state index < -0.39 is 59.9 Å². The number of nitrogens with two attached hydrogens (primary N) is 3. The Hall–Kier alpha value is -3.46.